The first kappa shape index (κ1) is 15.8. The van der Waals surface area contributed by atoms with Gasteiger partial charge >= 0.3 is 11.7 Å². The number of hydrogen-bond acceptors (Lipinski definition) is 7. The van der Waals surface area contributed by atoms with E-state index in [1.165, 1.54) is 13.0 Å². The predicted molar refractivity (Wildman–Crippen MR) is 70.6 cm³/mol. The number of nitrogens with zero attached hydrogens (tertiary/aromatic N) is 2. The number of aromatic nitrogens is 1. The normalized spacial score (nSPS) is 11.6. The molecule has 0 fully saturated rings. The molecule has 0 aromatic carbocycles. The van der Waals surface area contributed by atoms with Crippen LogP contribution in [0.4, 0.5) is 11.5 Å². The van der Waals surface area contributed by atoms with Crippen molar-refractivity contribution >= 4 is 34.9 Å². The molecule has 0 unspecified atom stereocenters. The summed E-state index contributed by atoms with van der Waals surface area (Å²) < 4.78 is 4.53. The molecule has 0 aliphatic rings. The summed E-state index contributed by atoms with van der Waals surface area (Å²) in [6.45, 7) is 1.29. The van der Waals surface area contributed by atoms with Crippen LogP contribution < -0.4 is 5.32 Å². The number of Topliss-reactive ketones (excluding diaryl/α,β-unsaturated/α-hetero) is 1. The van der Waals surface area contributed by atoms with Crippen LogP contribution in [0.25, 0.3) is 0 Å². The van der Waals surface area contributed by atoms with Gasteiger partial charge < -0.3 is 10.1 Å². The molecule has 0 aliphatic carbocycles. The van der Waals surface area contributed by atoms with Crippen molar-refractivity contribution in [1.29, 1.82) is 0 Å². The lowest BCUT2D eigenvalue weighted by atomic mass is 10.1. The number of methoxy groups -OCH3 is 1. The molecule has 1 heterocycles. The highest BCUT2D eigenvalue weighted by molar-refractivity contribution is 6.29. The first-order valence-corrected chi connectivity index (χ1v) is 5.87. The van der Waals surface area contributed by atoms with E-state index in [0.717, 1.165) is 13.2 Å². The van der Waals surface area contributed by atoms with Crippen LogP contribution in [-0.4, -0.2) is 34.8 Å². The highest BCUT2D eigenvalue weighted by Crippen LogP contribution is 2.25. The van der Waals surface area contributed by atoms with Gasteiger partial charge in [0, 0.05) is 12.5 Å². The van der Waals surface area contributed by atoms with Crippen LogP contribution in [0.3, 0.4) is 0 Å². The number of rotatable bonds is 6. The number of pyridine rings is 1. The van der Waals surface area contributed by atoms with Crippen molar-refractivity contribution < 1.29 is 19.2 Å². The van der Waals surface area contributed by atoms with Crippen LogP contribution in [0.2, 0.25) is 5.15 Å². The Labute approximate surface area is 119 Å². The van der Waals surface area contributed by atoms with Gasteiger partial charge in [0.25, 0.3) is 0 Å². The van der Waals surface area contributed by atoms with Crippen molar-refractivity contribution in [3.63, 3.8) is 0 Å². The molecule has 1 rings (SSSR count). The Bertz CT molecular complexity index is 549. The number of anilines is 1. The second kappa shape index (κ2) is 6.80. The third kappa shape index (κ3) is 4.16. The van der Waals surface area contributed by atoms with Crippen LogP contribution in [-0.2, 0) is 14.3 Å². The van der Waals surface area contributed by atoms with Crippen LogP contribution in [0.15, 0.2) is 12.1 Å². The van der Waals surface area contributed by atoms with Crippen LogP contribution >= 0.6 is 11.6 Å². The molecule has 0 spiro atoms. The molecule has 0 radical (unpaired) electrons. The molecule has 0 amide bonds. The summed E-state index contributed by atoms with van der Waals surface area (Å²) in [5.74, 6) is -1.20. The molecule has 1 aromatic rings. The lowest BCUT2D eigenvalue weighted by Crippen LogP contribution is -2.33. The van der Waals surface area contributed by atoms with E-state index >= 15 is 0 Å². The summed E-state index contributed by atoms with van der Waals surface area (Å²) in [7, 11) is 1.15. The Kier molecular flexibility index (Phi) is 5.39. The van der Waals surface area contributed by atoms with Crippen molar-refractivity contribution in [3.05, 3.63) is 27.4 Å². The predicted octanol–water partition coefficient (Wildman–Crippen LogP) is 1.58. The van der Waals surface area contributed by atoms with E-state index in [0.29, 0.717) is 0 Å². The van der Waals surface area contributed by atoms with Gasteiger partial charge in [0.1, 0.15) is 17.0 Å². The number of hydrogen-bond donors (Lipinski definition) is 1. The van der Waals surface area contributed by atoms with E-state index in [9.17, 15) is 19.7 Å². The van der Waals surface area contributed by atoms with Crippen molar-refractivity contribution in [3.8, 4) is 0 Å². The highest BCUT2D eigenvalue weighted by atomic mass is 35.5. The fraction of sp³-hybridized carbons (Fsp3) is 0.364. The fourth-order valence-corrected chi connectivity index (χ4v) is 1.62. The molecule has 0 aliphatic heterocycles. The highest BCUT2D eigenvalue weighted by Gasteiger charge is 2.25. The van der Waals surface area contributed by atoms with Gasteiger partial charge in [-0.2, -0.15) is 0 Å². The molecular weight excluding hydrogens is 290 g/mol. The smallest absolute Gasteiger partial charge is 0.328 e. The van der Waals surface area contributed by atoms with Gasteiger partial charge in [-0.05, 0) is 13.0 Å². The number of carbonyl (C=O) groups excluding carboxylic acids is 2. The van der Waals surface area contributed by atoms with Gasteiger partial charge in [-0.25, -0.2) is 9.78 Å². The van der Waals surface area contributed by atoms with Crippen molar-refractivity contribution in [2.45, 2.75) is 19.4 Å². The number of nitro groups is 1. The molecule has 1 atom stereocenters. The minimum atomic E-state index is -1.07. The average Bonchev–Trinajstić information content (AvgIpc) is 2.36. The number of halogens is 1. The van der Waals surface area contributed by atoms with E-state index in [1.54, 1.807) is 0 Å². The number of carbonyl (C=O) groups is 2. The van der Waals surface area contributed by atoms with Crippen molar-refractivity contribution in [2.24, 2.45) is 0 Å². The van der Waals surface area contributed by atoms with Gasteiger partial charge in [-0.1, -0.05) is 11.6 Å². The monoisotopic (exact) mass is 301 g/mol. The Morgan fingerprint density at radius 3 is 2.70 bits per heavy atom. The molecule has 1 aromatic heterocycles. The van der Waals surface area contributed by atoms with Crippen LogP contribution in [0.1, 0.15) is 13.3 Å². The molecule has 8 nitrogen and oxygen atoms in total. The molecule has 0 saturated heterocycles. The van der Waals surface area contributed by atoms with Gasteiger partial charge in [0.2, 0.25) is 5.82 Å². The first-order valence-electron chi connectivity index (χ1n) is 5.50. The molecule has 0 saturated carbocycles. The second-order valence-electron chi connectivity index (χ2n) is 3.89. The maximum atomic E-state index is 11.6. The van der Waals surface area contributed by atoms with Gasteiger partial charge in [0.15, 0.2) is 0 Å². The van der Waals surface area contributed by atoms with E-state index < -0.39 is 16.9 Å². The number of nitrogens with one attached hydrogen (secondary N) is 1. The zero-order valence-electron chi connectivity index (χ0n) is 10.8. The second-order valence-corrected chi connectivity index (χ2v) is 4.27. The largest absolute Gasteiger partial charge is 0.467 e. The third-order valence-corrected chi connectivity index (χ3v) is 2.54. The third-order valence-electron chi connectivity index (χ3n) is 2.32. The van der Waals surface area contributed by atoms with Crippen LogP contribution in [0.5, 0.6) is 0 Å². The maximum Gasteiger partial charge on any atom is 0.328 e. The van der Waals surface area contributed by atoms with Gasteiger partial charge in [-0.15, -0.1) is 0 Å². The molecule has 108 valence electrons. The minimum Gasteiger partial charge on any atom is -0.467 e. The molecular formula is C11H12ClN3O5. The topological polar surface area (TPSA) is 111 Å². The summed E-state index contributed by atoms with van der Waals surface area (Å²) in [5, 5.41) is 13.4. The van der Waals surface area contributed by atoms with E-state index in [2.05, 4.69) is 15.0 Å². The zero-order chi connectivity index (χ0) is 15.3. The summed E-state index contributed by atoms with van der Waals surface area (Å²) >= 11 is 5.67. The summed E-state index contributed by atoms with van der Waals surface area (Å²) in [6, 6.07) is 1.34. The lowest BCUT2D eigenvalue weighted by molar-refractivity contribution is -0.384. The van der Waals surface area contributed by atoms with Crippen molar-refractivity contribution in [1.82, 2.24) is 4.98 Å². The maximum absolute atomic E-state index is 11.6. The van der Waals surface area contributed by atoms with Crippen LogP contribution in [0, 0.1) is 10.1 Å². The molecule has 9 heteroatoms. The number of ketones is 1. The van der Waals surface area contributed by atoms with E-state index in [4.69, 9.17) is 11.6 Å². The van der Waals surface area contributed by atoms with Gasteiger partial charge in [0.05, 0.1) is 12.0 Å². The first-order chi connectivity index (χ1) is 9.35. The fourth-order valence-electron chi connectivity index (χ4n) is 1.47. The van der Waals surface area contributed by atoms with Gasteiger partial charge in [-0.3, -0.25) is 14.9 Å². The SMILES string of the molecule is COC(=O)[C@@H](CC(C)=O)Nc1nc(Cl)ccc1[N+](=O)[O-]. The van der Waals surface area contributed by atoms with Crippen molar-refractivity contribution in [2.75, 3.05) is 12.4 Å². The number of ether oxygens (including phenoxy) is 1. The molecule has 20 heavy (non-hydrogen) atoms. The van der Waals surface area contributed by atoms with E-state index in [1.807, 2.05) is 0 Å². The lowest BCUT2D eigenvalue weighted by Gasteiger charge is -2.15. The quantitative estimate of drug-likeness (QED) is 0.367. The Morgan fingerprint density at radius 1 is 1.55 bits per heavy atom. The Hall–Kier alpha value is -2.22. The standard InChI is InChI=1S/C11H12ClN3O5/c1-6(16)5-7(11(17)20-2)13-10-8(15(18)19)3-4-9(12)14-10/h3-4,7H,5H2,1-2H3,(H,13,14)/t7-/m1/s1. The van der Waals surface area contributed by atoms with E-state index in [-0.39, 0.29) is 28.9 Å². The summed E-state index contributed by atoms with van der Waals surface area (Å²) in [5.41, 5.74) is -0.355. The summed E-state index contributed by atoms with van der Waals surface area (Å²) in [4.78, 5) is 36.6. The minimum absolute atomic E-state index is 0.0181. The number of esters is 1. The Balaban J connectivity index is 3.09. The molecule has 1 N–H and O–H groups in total. The zero-order valence-corrected chi connectivity index (χ0v) is 11.5. The molecule has 0 bridgehead atoms. The summed E-state index contributed by atoms with van der Waals surface area (Å²) in [6.07, 6.45) is -0.183. The average molecular weight is 302 g/mol. The Morgan fingerprint density at radius 2 is 2.20 bits per heavy atom.